The van der Waals surface area contributed by atoms with Crippen LogP contribution in [0.4, 0.5) is 8.78 Å². The van der Waals surface area contributed by atoms with Crippen molar-refractivity contribution >= 4 is 29.3 Å². The molecule has 7 heteroatoms. The van der Waals surface area contributed by atoms with Gasteiger partial charge >= 0.3 is 0 Å². The smallest absolute Gasteiger partial charge is 0.257 e. The third-order valence-electron chi connectivity index (χ3n) is 3.07. The molecular formula is C17H16ClF2NO2S. The molecule has 3 nitrogen and oxygen atoms in total. The Kier molecular flexibility index (Phi) is 7.34. The summed E-state index contributed by atoms with van der Waals surface area (Å²) < 4.78 is 32.0. The highest BCUT2D eigenvalue weighted by atomic mass is 35.5. The second kappa shape index (κ2) is 9.49. The molecule has 1 amide bonds. The predicted molar refractivity (Wildman–Crippen MR) is 92.5 cm³/mol. The maximum absolute atomic E-state index is 13.6. The lowest BCUT2D eigenvalue weighted by atomic mass is 10.2. The lowest BCUT2D eigenvalue weighted by molar-refractivity contribution is -0.123. The quantitative estimate of drug-likeness (QED) is 0.711. The van der Waals surface area contributed by atoms with Gasteiger partial charge in [-0.25, -0.2) is 8.78 Å². The van der Waals surface area contributed by atoms with E-state index in [-0.39, 0.29) is 24.1 Å². The van der Waals surface area contributed by atoms with Crippen LogP contribution in [0.5, 0.6) is 5.75 Å². The first kappa shape index (κ1) is 18.5. The number of benzene rings is 2. The number of para-hydroxylation sites is 1. The van der Waals surface area contributed by atoms with E-state index in [1.807, 2.05) is 0 Å². The number of carbonyl (C=O) groups excluding carboxylic acids is 1. The number of hydrogen-bond acceptors (Lipinski definition) is 3. The maximum atomic E-state index is 13.6. The lowest BCUT2D eigenvalue weighted by Gasteiger charge is -2.08. The third kappa shape index (κ3) is 5.69. The first-order chi connectivity index (χ1) is 11.6. The summed E-state index contributed by atoms with van der Waals surface area (Å²) in [5.41, 5.74) is 0.457. The number of ether oxygens (including phenoxy) is 1. The lowest BCUT2D eigenvalue weighted by Crippen LogP contribution is -2.30. The molecule has 0 atom stereocenters. The Hall–Kier alpha value is -1.79. The van der Waals surface area contributed by atoms with Gasteiger partial charge in [0.05, 0.1) is 0 Å². The molecule has 0 radical (unpaired) electrons. The molecule has 0 saturated heterocycles. The van der Waals surface area contributed by atoms with Crippen molar-refractivity contribution in [1.29, 1.82) is 0 Å². The van der Waals surface area contributed by atoms with Crippen molar-refractivity contribution < 1.29 is 18.3 Å². The molecule has 2 rings (SSSR count). The van der Waals surface area contributed by atoms with Gasteiger partial charge in [-0.3, -0.25) is 4.79 Å². The Bertz CT molecular complexity index is 680. The number of halogens is 3. The van der Waals surface area contributed by atoms with Crippen LogP contribution in [-0.2, 0) is 10.5 Å². The highest BCUT2D eigenvalue weighted by molar-refractivity contribution is 7.98. The topological polar surface area (TPSA) is 38.3 Å². The minimum Gasteiger partial charge on any atom is -0.481 e. The Morgan fingerprint density at radius 3 is 2.62 bits per heavy atom. The van der Waals surface area contributed by atoms with E-state index in [0.29, 0.717) is 28.6 Å². The van der Waals surface area contributed by atoms with E-state index in [9.17, 15) is 13.6 Å². The van der Waals surface area contributed by atoms with Gasteiger partial charge in [0.2, 0.25) is 0 Å². The van der Waals surface area contributed by atoms with Crippen molar-refractivity contribution in [2.24, 2.45) is 0 Å². The highest BCUT2D eigenvalue weighted by Crippen LogP contribution is 2.23. The van der Waals surface area contributed by atoms with Gasteiger partial charge in [-0.2, -0.15) is 11.8 Å². The zero-order chi connectivity index (χ0) is 17.4. The van der Waals surface area contributed by atoms with Gasteiger partial charge in [-0.15, -0.1) is 0 Å². The van der Waals surface area contributed by atoms with E-state index in [1.54, 1.807) is 24.3 Å². The van der Waals surface area contributed by atoms with E-state index in [2.05, 4.69) is 5.32 Å². The monoisotopic (exact) mass is 371 g/mol. The zero-order valence-corrected chi connectivity index (χ0v) is 14.3. The minimum absolute atomic E-state index is 0.0382. The number of hydrogen-bond donors (Lipinski definition) is 1. The van der Waals surface area contributed by atoms with Gasteiger partial charge in [0, 0.05) is 28.6 Å². The van der Waals surface area contributed by atoms with Crippen LogP contribution >= 0.6 is 23.4 Å². The Morgan fingerprint density at radius 1 is 1.12 bits per heavy atom. The van der Waals surface area contributed by atoms with Crippen molar-refractivity contribution in [2.45, 2.75) is 5.75 Å². The molecule has 0 aromatic heterocycles. The summed E-state index contributed by atoms with van der Waals surface area (Å²) in [5.74, 6) is -0.137. The van der Waals surface area contributed by atoms with Gasteiger partial charge in [0.25, 0.3) is 5.91 Å². The number of amides is 1. The second-order valence-corrected chi connectivity index (χ2v) is 6.33. The fourth-order valence-electron chi connectivity index (χ4n) is 1.86. The minimum atomic E-state index is -0.511. The van der Waals surface area contributed by atoms with Gasteiger partial charge in [0.1, 0.15) is 5.82 Å². The molecular weight excluding hydrogens is 356 g/mol. The molecule has 2 aromatic carbocycles. The Morgan fingerprint density at radius 2 is 1.88 bits per heavy atom. The molecule has 0 spiro atoms. The van der Waals surface area contributed by atoms with Crippen LogP contribution in [0.1, 0.15) is 5.56 Å². The Labute approximate surface area is 148 Å². The van der Waals surface area contributed by atoms with Crippen molar-refractivity contribution in [3.05, 3.63) is 64.7 Å². The number of thioether (sulfide) groups is 1. The number of nitrogens with one attached hydrogen (secondary N) is 1. The molecule has 0 unspecified atom stereocenters. The van der Waals surface area contributed by atoms with Crippen LogP contribution in [0.3, 0.4) is 0 Å². The van der Waals surface area contributed by atoms with Crippen LogP contribution in [0.2, 0.25) is 5.02 Å². The second-order valence-electron chi connectivity index (χ2n) is 4.82. The van der Waals surface area contributed by atoms with E-state index in [4.69, 9.17) is 16.3 Å². The van der Waals surface area contributed by atoms with Crippen molar-refractivity contribution in [3.63, 3.8) is 0 Å². The molecule has 0 fully saturated rings. The summed E-state index contributed by atoms with van der Waals surface area (Å²) in [6, 6.07) is 10.4. The summed E-state index contributed by atoms with van der Waals surface area (Å²) in [5, 5.41) is 3.05. The summed E-state index contributed by atoms with van der Waals surface area (Å²) in [4.78, 5) is 11.6. The van der Waals surface area contributed by atoms with Gasteiger partial charge in [-0.05, 0) is 24.3 Å². The fraction of sp³-hybridized carbons (Fsp3) is 0.235. The van der Waals surface area contributed by atoms with E-state index in [1.165, 1.54) is 30.0 Å². The molecule has 0 heterocycles. The van der Waals surface area contributed by atoms with Gasteiger partial charge in [0.15, 0.2) is 18.2 Å². The van der Waals surface area contributed by atoms with Crippen molar-refractivity contribution in [1.82, 2.24) is 5.32 Å². The van der Waals surface area contributed by atoms with Crippen LogP contribution in [0.15, 0.2) is 42.5 Å². The Balaban J connectivity index is 1.64. The van der Waals surface area contributed by atoms with E-state index in [0.717, 1.165) is 0 Å². The molecule has 128 valence electrons. The van der Waals surface area contributed by atoms with Gasteiger partial charge < -0.3 is 10.1 Å². The molecule has 0 saturated carbocycles. The summed E-state index contributed by atoms with van der Waals surface area (Å²) in [7, 11) is 0. The van der Waals surface area contributed by atoms with Crippen LogP contribution in [0, 0.1) is 11.6 Å². The van der Waals surface area contributed by atoms with Crippen LogP contribution < -0.4 is 10.1 Å². The average molecular weight is 372 g/mol. The van der Waals surface area contributed by atoms with E-state index < -0.39 is 5.82 Å². The number of rotatable bonds is 8. The van der Waals surface area contributed by atoms with Gasteiger partial charge in [-0.1, -0.05) is 29.8 Å². The molecule has 0 bridgehead atoms. The first-order valence-electron chi connectivity index (χ1n) is 7.22. The fourth-order valence-corrected chi connectivity index (χ4v) is 3.06. The SMILES string of the molecule is O=C(COc1ccccc1F)NCCSCc1c(F)cccc1Cl. The molecule has 0 aliphatic heterocycles. The third-order valence-corrected chi connectivity index (χ3v) is 4.41. The maximum Gasteiger partial charge on any atom is 0.257 e. The normalized spacial score (nSPS) is 10.5. The largest absolute Gasteiger partial charge is 0.481 e. The van der Waals surface area contributed by atoms with Crippen LogP contribution in [0.25, 0.3) is 0 Å². The van der Waals surface area contributed by atoms with Crippen LogP contribution in [-0.4, -0.2) is 24.8 Å². The standard InChI is InChI=1S/C17H16ClF2NO2S/c18-13-4-3-6-14(19)12(13)11-24-9-8-21-17(22)10-23-16-7-2-1-5-15(16)20/h1-7H,8-11H2,(H,21,22). The zero-order valence-electron chi connectivity index (χ0n) is 12.7. The van der Waals surface area contributed by atoms with Crippen molar-refractivity contribution in [3.8, 4) is 5.75 Å². The highest BCUT2D eigenvalue weighted by Gasteiger charge is 2.08. The molecule has 0 aliphatic carbocycles. The predicted octanol–water partition coefficient (Wildman–Crippen LogP) is 4.05. The molecule has 2 aromatic rings. The molecule has 1 N–H and O–H groups in total. The molecule has 0 aliphatic rings. The van der Waals surface area contributed by atoms with Crippen molar-refractivity contribution in [2.75, 3.05) is 18.9 Å². The average Bonchev–Trinajstić information content (AvgIpc) is 2.56. The number of carbonyl (C=O) groups is 1. The summed E-state index contributed by atoms with van der Waals surface area (Å²) in [6.45, 7) is 0.140. The first-order valence-corrected chi connectivity index (χ1v) is 8.76. The summed E-state index contributed by atoms with van der Waals surface area (Å²) >= 11 is 7.39. The molecule has 24 heavy (non-hydrogen) atoms. The summed E-state index contributed by atoms with van der Waals surface area (Å²) in [6.07, 6.45) is 0. The van der Waals surface area contributed by atoms with E-state index >= 15 is 0 Å².